The van der Waals surface area contributed by atoms with Gasteiger partial charge in [-0.3, -0.25) is 0 Å². The first-order valence-electron chi connectivity index (χ1n) is 5.80. The molecule has 1 nitrogen and oxygen atoms in total. The number of nitrogens with zero attached hydrogens (tertiary/aromatic N) is 1. The summed E-state index contributed by atoms with van der Waals surface area (Å²) in [5, 5.41) is 0. The van der Waals surface area contributed by atoms with Crippen LogP contribution in [0.4, 0.5) is 0 Å². The van der Waals surface area contributed by atoms with Crippen molar-refractivity contribution in [2.24, 2.45) is 0 Å². The largest absolute Gasteiger partial charge is 0.306 e. The fraction of sp³-hybridized carbons (Fsp3) is 0.571. The Kier molecular flexibility index (Phi) is 4.34. The van der Waals surface area contributed by atoms with Gasteiger partial charge in [0.15, 0.2) is 0 Å². The van der Waals surface area contributed by atoms with Crippen LogP contribution in [-0.4, -0.2) is 25.0 Å². The topological polar surface area (TPSA) is 3.24 Å². The summed E-state index contributed by atoms with van der Waals surface area (Å²) in [6.45, 7) is 11.1. The molecule has 1 aromatic rings. The van der Waals surface area contributed by atoms with Gasteiger partial charge in [-0.25, -0.2) is 0 Å². The first-order valence-corrected chi connectivity index (χ1v) is 5.80. The summed E-state index contributed by atoms with van der Waals surface area (Å²) in [4.78, 5) is 2.36. The lowest BCUT2D eigenvalue weighted by Gasteiger charge is -2.15. The zero-order valence-electron chi connectivity index (χ0n) is 10.7. The van der Waals surface area contributed by atoms with Gasteiger partial charge in [0.25, 0.3) is 0 Å². The van der Waals surface area contributed by atoms with Crippen molar-refractivity contribution in [1.29, 1.82) is 0 Å². The maximum atomic E-state index is 2.36. The number of rotatable bonds is 4. The highest BCUT2D eigenvalue weighted by Crippen LogP contribution is 2.15. The van der Waals surface area contributed by atoms with Crippen LogP contribution >= 0.6 is 0 Å². The van der Waals surface area contributed by atoms with Gasteiger partial charge in [-0.1, -0.05) is 19.1 Å². The number of benzene rings is 1. The summed E-state index contributed by atoms with van der Waals surface area (Å²) in [5.41, 5.74) is 5.75. The van der Waals surface area contributed by atoms with E-state index in [4.69, 9.17) is 0 Å². The molecule has 0 aliphatic rings. The Morgan fingerprint density at radius 1 is 1.00 bits per heavy atom. The van der Waals surface area contributed by atoms with Gasteiger partial charge >= 0.3 is 0 Å². The van der Waals surface area contributed by atoms with Gasteiger partial charge in [0.1, 0.15) is 0 Å². The summed E-state index contributed by atoms with van der Waals surface area (Å²) >= 11 is 0. The minimum atomic E-state index is 1.13. The predicted molar refractivity (Wildman–Crippen MR) is 67.5 cm³/mol. The molecule has 15 heavy (non-hydrogen) atoms. The van der Waals surface area contributed by atoms with Crippen molar-refractivity contribution >= 4 is 0 Å². The highest BCUT2D eigenvalue weighted by molar-refractivity contribution is 5.36. The molecule has 1 heteroatoms. The zero-order chi connectivity index (χ0) is 11.4. The molecule has 0 aliphatic heterocycles. The zero-order valence-corrected chi connectivity index (χ0v) is 10.7. The van der Waals surface area contributed by atoms with Gasteiger partial charge in [0.2, 0.25) is 0 Å². The van der Waals surface area contributed by atoms with Crippen LogP contribution in [0.15, 0.2) is 12.1 Å². The Balaban J connectivity index is 2.73. The van der Waals surface area contributed by atoms with E-state index >= 15 is 0 Å². The molecule has 0 fully saturated rings. The average Bonchev–Trinajstić information content (AvgIpc) is 2.21. The molecule has 0 N–H and O–H groups in total. The molecular weight excluding hydrogens is 182 g/mol. The fourth-order valence-corrected chi connectivity index (χ4v) is 1.76. The van der Waals surface area contributed by atoms with Gasteiger partial charge in [0, 0.05) is 6.54 Å². The molecule has 0 unspecified atom stereocenters. The van der Waals surface area contributed by atoms with Crippen LogP contribution in [0.25, 0.3) is 0 Å². The van der Waals surface area contributed by atoms with Crippen molar-refractivity contribution in [1.82, 2.24) is 4.90 Å². The summed E-state index contributed by atoms with van der Waals surface area (Å²) < 4.78 is 0. The minimum Gasteiger partial charge on any atom is -0.306 e. The molecule has 1 aromatic carbocycles. The SMILES string of the molecule is CCN(C)CCc1cc(C)c(C)cc1C. The molecule has 0 spiro atoms. The summed E-state index contributed by atoms with van der Waals surface area (Å²) in [6, 6.07) is 4.64. The monoisotopic (exact) mass is 205 g/mol. The molecule has 0 aliphatic carbocycles. The fourth-order valence-electron chi connectivity index (χ4n) is 1.76. The van der Waals surface area contributed by atoms with Gasteiger partial charge in [-0.15, -0.1) is 0 Å². The third-order valence-electron chi connectivity index (χ3n) is 3.25. The average molecular weight is 205 g/mol. The lowest BCUT2D eigenvalue weighted by Crippen LogP contribution is -2.20. The third-order valence-corrected chi connectivity index (χ3v) is 3.25. The number of aryl methyl sites for hydroxylation is 3. The Labute approximate surface area is 94.1 Å². The second kappa shape index (κ2) is 5.32. The maximum Gasteiger partial charge on any atom is 0.00188 e. The second-order valence-electron chi connectivity index (χ2n) is 4.51. The van der Waals surface area contributed by atoms with E-state index < -0.39 is 0 Å². The molecular formula is C14H23N. The summed E-state index contributed by atoms with van der Waals surface area (Å²) in [7, 11) is 2.18. The molecule has 0 aromatic heterocycles. The van der Waals surface area contributed by atoms with Crippen molar-refractivity contribution in [2.75, 3.05) is 20.1 Å². The molecule has 0 saturated carbocycles. The van der Waals surface area contributed by atoms with Gasteiger partial charge in [-0.2, -0.15) is 0 Å². The Hall–Kier alpha value is -0.820. The molecule has 1 rings (SSSR count). The molecule has 0 saturated heterocycles. The second-order valence-corrected chi connectivity index (χ2v) is 4.51. The molecule has 0 heterocycles. The van der Waals surface area contributed by atoms with Crippen molar-refractivity contribution in [3.63, 3.8) is 0 Å². The normalized spacial score (nSPS) is 11.1. The smallest absolute Gasteiger partial charge is 0.00188 e. The van der Waals surface area contributed by atoms with Crippen LogP contribution in [0.2, 0.25) is 0 Å². The Morgan fingerprint density at radius 2 is 1.60 bits per heavy atom. The lowest BCUT2D eigenvalue weighted by atomic mass is 9.99. The van der Waals surface area contributed by atoms with E-state index in [-0.39, 0.29) is 0 Å². The number of hydrogen-bond donors (Lipinski definition) is 0. The summed E-state index contributed by atoms with van der Waals surface area (Å²) in [6.07, 6.45) is 1.16. The van der Waals surface area contributed by atoms with Crippen molar-refractivity contribution in [3.8, 4) is 0 Å². The molecule has 84 valence electrons. The van der Waals surface area contributed by atoms with Crippen molar-refractivity contribution in [3.05, 3.63) is 34.4 Å². The Bertz CT molecular complexity index is 328. The van der Waals surface area contributed by atoms with Crippen molar-refractivity contribution in [2.45, 2.75) is 34.1 Å². The van der Waals surface area contributed by atoms with E-state index in [1.165, 1.54) is 22.3 Å². The standard InChI is InChI=1S/C14H23N/c1-6-15(5)8-7-14-10-12(3)11(2)9-13(14)4/h9-10H,6-8H2,1-5H3. The molecule has 0 amide bonds. The van der Waals surface area contributed by atoms with Crippen LogP contribution in [0, 0.1) is 20.8 Å². The van der Waals surface area contributed by atoms with Crippen molar-refractivity contribution < 1.29 is 0 Å². The van der Waals surface area contributed by atoms with E-state index in [2.05, 4.69) is 51.8 Å². The summed E-state index contributed by atoms with van der Waals surface area (Å²) in [5.74, 6) is 0. The first kappa shape index (κ1) is 12.3. The van der Waals surface area contributed by atoms with Crippen LogP contribution in [-0.2, 0) is 6.42 Å². The third kappa shape index (κ3) is 3.35. The predicted octanol–water partition coefficient (Wildman–Crippen LogP) is 3.11. The molecule has 0 radical (unpaired) electrons. The lowest BCUT2D eigenvalue weighted by molar-refractivity contribution is 0.357. The van der Waals surface area contributed by atoms with E-state index in [0.717, 1.165) is 19.5 Å². The van der Waals surface area contributed by atoms with E-state index in [0.29, 0.717) is 0 Å². The molecule has 0 bridgehead atoms. The number of likely N-dealkylation sites (N-methyl/N-ethyl adjacent to an activating group) is 1. The van der Waals surface area contributed by atoms with Crippen LogP contribution in [0.3, 0.4) is 0 Å². The van der Waals surface area contributed by atoms with E-state index in [1.807, 2.05) is 0 Å². The highest BCUT2D eigenvalue weighted by atomic mass is 15.1. The number of hydrogen-bond acceptors (Lipinski definition) is 1. The maximum absolute atomic E-state index is 2.36. The van der Waals surface area contributed by atoms with E-state index in [1.54, 1.807) is 0 Å². The van der Waals surface area contributed by atoms with E-state index in [9.17, 15) is 0 Å². The van der Waals surface area contributed by atoms with Crippen LogP contribution in [0.1, 0.15) is 29.2 Å². The quantitative estimate of drug-likeness (QED) is 0.730. The Morgan fingerprint density at radius 3 is 2.20 bits per heavy atom. The molecule has 0 atom stereocenters. The van der Waals surface area contributed by atoms with Gasteiger partial charge < -0.3 is 4.90 Å². The first-order chi connectivity index (χ1) is 7.04. The van der Waals surface area contributed by atoms with Crippen LogP contribution < -0.4 is 0 Å². The van der Waals surface area contributed by atoms with Crippen LogP contribution in [0.5, 0.6) is 0 Å². The highest BCUT2D eigenvalue weighted by Gasteiger charge is 2.03. The minimum absolute atomic E-state index is 1.13. The van der Waals surface area contributed by atoms with Gasteiger partial charge in [0.05, 0.1) is 0 Å². The van der Waals surface area contributed by atoms with Gasteiger partial charge in [-0.05, 0) is 63.0 Å².